The largest absolute Gasteiger partial charge is 0.322 e. The Hall–Kier alpha value is -5.02. The lowest BCUT2D eigenvalue weighted by Gasteiger charge is -2.32. The maximum absolute atomic E-state index is 13.9. The summed E-state index contributed by atoms with van der Waals surface area (Å²) in [6, 6.07) is 21.5. The first-order valence-corrected chi connectivity index (χ1v) is 14.6. The van der Waals surface area contributed by atoms with Crippen LogP contribution >= 0.6 is 11.6 Å². The molecular formula is C34H29ClFN5O3. The highest BCUT2D eigenvalue weighted by Crippen LogP contribution is 2.47. The van der Waals surface area contributed by atoms with Gasteiger partial charge in [-0.2, -0.15) is 0 Å². The van der Waals surface area contributed by atoms with Crippen molar-refractivity contribution in [2.45, 2.75) is 25.7 Å². The zero-order valence-electron chi connectivity index (χ0n) is 23.6. The van der Waals surface area contributed by atoms with Gasteiger partial charge in [0.1, 0.15) is 5.82 Å². The number of hydrogen-bond donors (Lipinski definition) is 3. The molecule has 1 aliphatic carbocycles. The molecule has 1 atom stereocenters. The quantitative estimate of drug-likeness (QED) is 0.222. The molecule has 0 radical (unpaired) electrons. The number of nitrogens with zero attached hydrogens (tertiary/aromatic N) is 2. The molecule has 222 valence electrons. The van der Waals surface area contributed by atoms with Crippen molar-refractivity contribution < 1.29 is 18.8 Å². The average molecular weight is 610 g/mol. The van der Waals surface area contributed by atoms with Gasteiger partial charge in [0, 0.05) is 47.0 Å². The number of carbonyl (C=O) groups is 3. The van der Waals surface area contributed by atoms with Crippen molar-refractivity contribution in [2.24, 2.45) is 5.41 Å². The van der Waals surface area contributed by atoms with Crippen LogP contribution in [0.1, 0.15) is 55.9 Å². The van der Waals surface area contributed by atoms with Gasteiger partial charge in [-0.3, -0.25) is 24.8 Å². The minimum Gasteiger partial charge on any atom is -0.322 e. The summed E-state index contributed by atoms with van der Waals surface area (Å²) in [5.74, 6) is -1.55. The van der Waals surface area contributed by atoms with Gasteiger partial charge in [0.15, 0.2) is 0 Å². The van der Waals surface area contributed by atoms with Gasteiger partial charge in [0.2, 0.25) is 0 Å². The number of carbonyl (C=O) groups excluding carboxylic acids is 3. The first-order chi connectivity index (χ1) is 21.3. The Bertz CT molecular complexity index is 1760. The molecule has 6 rings (SSSR count). The van der Waals surface area contributed by atoms with E-state index in [-0.39, 0.29) is 27.8 Å². The zero-order valence-corrected chi connectivity index (χ0v) is 24.4. The van der Waals surface area contributed by atoms with E-state index in [1.807, 2.05) is 24.3 Å². The Labute approximate surface area is 258 Å². The van der Waals surface area contributed by atoms with Gasteiger partial charge in [0.25, 0.3) is 17.7 Å². The van der Waals surface area contributed by atoms with Crippen LogP contribution in [0.15, 0.2) is 103 Å². The van der Waals surface area contributed by atoms with E-state index in [4.69, 9.17) is 11.6 Å². The monoisotopic (exact) mass is 609 g/mol. The lowest BCUT2D eigenvalue weighted by Crippen LogP contribution is -2.42. The predicted molar refractivity (Wildman–Crippen MR) is 167 cm³/mol. The van der Waals surface area contributed by atoms with Crippen LogP contribution in [0.5, 0.6) is 0 Å². The van der Waals surface area contributed by atoms with Crippen LogP contribution in [0.3, 0.4) is 0 Å². The van der Waals surface area contributed by atoms with Crippen molar-refractivity contribution in [1.29, 1.82) is 0 Å². The number of halogens is 2. The zero-order chi connectivity index (χ0) is 30.7. The number of para-hydroxylation sites is 1. The highest BCUT2D eigenvalue weighted by Gasteiger charge is 2.41. The van der Waals surface area contributed by atoms with Gasteiger partial charge in [0.05, 0.1) is 16.1 Å². The molecule has 8 nitrogen and oxygen atoms in total. The molecule has 10 heteroatoms. The number of nitrogens with one attached hydrogen (secondary N) is 3. The van der Waals surface area contributed by atoms with Crippen LogP contribution in [0.2, 0.25) is 5.02 Å². The van der Waals surface area contributed by atoms with E-state index in [2.05, 4.69) is 27.2 Å². The number of allylic oxidation sites excluding steroid dienone is 2. The predicted octanol–water partition coefficient (Wildman–Crippen LogP) is 6.32. The molecule has 1 spiro atoms. The third-order valence-corrected chi connectivity index (χ3v) is 8.54. The summed E-state index contributed by atoms with van der Waals surface area (Å²) in [4.78, 5) is 45.1. The molecule has 0 saturated heterocycles. The SMILES string of the molecule is O=C(NNC1=CCCC12CCN(C(=O)c1ccc(NC(=O)c3cc(F)ccc3Cl)cc1)c1ccccc1C2)c1cccnc1. The lowest BCUT2D eigenvalue weighted by molar-refractivity contribution is 0.0932. The van der Waals surface area contributed by atoms with Crippen LogP contribution in [-0.2, 0) is 6.42 Å². The Morgan fingerprint density at radius 3 is 2.52 bits per heavy atom. The number of anilines is 2. The van der Waals surface area contributed by atoms with Crippen LogP contribution in [0, 0.1) is 11.2 Å². The number of pyridine rings is 1. The van der Waals surface area contributed by atoms with Gasteiger partial charge < -0.3 is 15.6 Å². The average Bonchev–Trinajstić information content (AvgIpc) is 3.35. The molecule has 1 unspecified atom stereocenters. The van der Waals surface area contributed by atoms with E-state index in [0.29, 0.717) is 36.2 Å². The maximum atomic E-state index is 13.9. The lowest BCUT2D eigenvalue weighted by atomic mass is 9.76. The summed E-state index contributed by atoms with van der Waals surface area (Å²) in [7, 11) is 0. The van der Waals surface area contributed by atoms with Gasteiger partial charge in [-0.25, -0.2) is 4.39 Å². The number of aromatic nitrogens is 1. The third-order valence-electron chi connectivity index (χ3n) is 8.21. The van der Waals surface area contributed by atoms with Crippen molar-refractivity contribution in [3.8, 4) is 0 Å². The summed E-state index contributed by atoms with van der Waals surface area (Å²) in [6.45, 7) is 0.474. The Balaban J connectivity index is 1.18. The van der Waals surface area contributed by atoms with E-state index in [9.17, 15) is 18.8 Å². The molecule has 2 heterocycles. The van der Waals surface area contributed by atoms with Crippen LogP contribution in [0.25, 0.3) is 0 Å². The second-order valence-corrected chi connectivity index (χ2v) is 11.3. The summed E-state index contributed by atoms with van der Waals surface area (Å²) in [5.41, 5.74) is 9.94. The smallest absolute Gasteiger partial charge is 0.271 e. The van der Waals surface area contributed by atoms with Gasteiger partial charge in [-0.05, 0) is 91.9 Å². The number of hydrogen-bond acceptors (Lipinski definition) is 5. The van der Waals surface area contributed by atoms with Crippen molar-refractivity contribution in [2.75, 3.05) is 16.8 Å². The molecule has 3 N–H and O–H groups in total. The third kappa shape index (κ3) is 5.91. The Morgan fingerprint density at radius 1 is 0.909 bits per heavy atom. The van der Waals surface area contributed by atoms with Gasteiger partial charge >= 0.3 is 0 Å². The van der Waals surface area contributed by atoms with Crippen molar-refractivity contribution >= 4 is 40.7 Å². The van der Waals surface area contributed by atoms with Gasteiger partial charge in [-0.15, -0.1) is 0 Å². The van der Waals surface area contributed by atoms with E-state index < -0.39 is 11.7 Å². The molecule has 44 heavy (non-hydrogen) atoms. The molecule has 1 aliphatic heterocycles. The van der Waals surface area contributed by atoms with Crippen molar-refractivity contribution in [3.63, 3.8) is 0 Å². The minimum absolute atomic E-state index is 0.0217. The molecule has 0 bridgehead atoms. The Morgan fingerprint density at radius 2 is 1.73 bits per heavy atom. The van der Waals surface area contributed by atoms with E-state index in [0.717, 1.165) is 35.9 Å². The topological polar surface area (TPSA) is 103 Å². The molecule has 3 amide bonds. The molecule has 2 aliphatic rings. The molecule has 0 fully saturated rings. The van der Waals surface area contributed by atoms with E-state index in [1.165, 1.54) is 18.3 Å². The number of benzene rings is 3. The van der Waals surface area contributed by atoms with Crippen molar-refractivity contribution in [3.05, 3.63) is 136 Å². The van der Waals surface area contributed by atoms with E-state index in [1.54, 1.807) is 47.5 Å². The summed E-state index contributed by atoms with van der Waals surface area (Å²) < 4.78 is 13.6. The highest BCUT2D eigenvalue weighted by atomic mass is 35.5. The van der Waals surface area contributed by atoms with E-state index >= 15 is 0 Å². The fraction of sp³-hybridized carbons (Fsp3) is 0.176. The summed E-state index contributed by atoms with van der Waals surface area (Å²) >= 11 is 6.07. The summed E-state index contributed by atoms with van der Waals surface area (Å²) in [5, 5.41) is 2.84. The maximum Gasteiger partial charge on any atom is 0.271 e. The molecular weight excluding hydrogens is 581 g/mol. The number of fused-ring (bicyclic) bond motifs is 1. The first kappa shape index (κ1) is 29.1. The van der Waals surface area contributed by atoms with Crippen molar-refractivity contribution in [1.82, 2.24) is 15.8 Å². The highest BCUT2D eigenvalue weighted by molar-refractivity contribution is 6.34. The number of hydrazine groups is 1. The summed E-state index contributed by atoms with van der Waals surface area (Å²) in [6.07, 6.45) is 8.40. The second-order valence-electron chi connectivity index (χ2n) is 10.9. The molecule has 4 aromatic rings. The van der Waals surface area contributed by atoms with Gasteiger partial charge in [-0.1, -0.05) is 35.9 Å². The number of amides is 3. The van der Waals surface area contributed by atoms with Crippen LogP contribution in [-0.4, -0.2) is 29.3 Å². The molecule has 1 aromatic heterocycles. The first-order valence-electron chi connectivity index (χ1n) is 14.3. The standard InChI is InChI=1S/C34H29ClFN5O3/c35-28-14-11-25(36)19-27(28)32(43)38-26-12-9-22(10-13-26)33(44)41-18-16-34(20-23-5-1-2-7-29(23)41)15-3-8-30(34)39-40-31(42)24-6-4-17-37-21-24/h1-2,4-14,17,19,21,39H,3,15-16,18,20H2,(H,38,43)(H,40,42). The molecule has 0 saturated carbocycles. The number of rotatable bonds is 6. The van der Waals surface area contributed by atoms with Crippen LogP contribution in [0.4, 0.5) is 15.8 Å². The molecule has 3 aromatic carbocycles. The fourth-order valence-corrected chi connectivity index (χ4v) is 6.12. The second kappa shape index (κ2) is 12.3. The minimum atomic E-state index is -0.564. The fourth-order valence-electron chi connectivity index (χ4n) is 5.92. The normalized spacial score (nSPS) is 17.3. The Kier molecular flexibility index (Phi) is 8.13. The van der Waals surface area contributed by atoms with Crippen LogP contribution < -0.4 is 21.1 Å².